The predicted octanol–water partition coefficient (Wildman–Crippen LogP) is 19.6. The molecule has 3 atom stereocenters. The smallest absolute Gasteiger partial charge is 0.306 e. The van der Waals surface area contributed by atoms with Crippen LogP contribution in [-0.4, -0.2) is 46.9 Å². The summed E-state index contributed by atoms with van der Waals surface area (Å²) in [4.78, 5) is 26.4. The average Bonchev–Trinajstić information content (AvgIpc) is 3.35. The first-order chi connectivity index (χ1) is 34.5. The van der Waals surface area contributed by atoms with Gasteiger partial charge in [0.25, 0.3) is 0 Å². The van der Waals surface area contributed by atoms with E-state index in [2.05, 4.69) is 62.5 Å². The molecule has 0 fully saturated rings. The van der Waals surface area contributed by atoms with Gasteiger partial charge >= 0.3 is 5.97 Å². The number of ether oxygens (including phenoxy) is 1. The Morgan fingerprint density at radius 3 is 1.13 bits per heavy atom. The van der Waals surface area contributed by atoms with Crippen LogP contribution in [0.3, 0.4) is 0 Å². The van der Waals surface area contributed by atoms with Gasteiger partial charge in [-0.2, -0.15) is 0 Å². The lowest BCUT2D eigenvalue weighted by atomic mass is 10.0. The molecule has 1 amide bonds. The molecule has 0 aromatic rings. The van der Waals surface area contributed by atoms with Crippen molar-refractivity contribution in [1.82, 2.24) is 5.32 Å². The zero-order chi connectivity index (χ0) is 50.9. The lowest BCUT2D eigenvalue weighted by Crippen LogP contribution is -2.46. The van der Waals surface area contributed by atoms with Crippen LogP contribution in [0.15, 0.2) is 36.5 Å². The summed E-state index contributed by atoms with van der Waals surface area (Å²) in [5.74, 6) is -0.475. The molecule has 3 unspecified atom stereocenters. The maximum Gasteiger partial charge on any atom is 0.306 e. The second-order valence-corrected chi connectivity index (χ2v) is 21.5. The van der Waals surface area contributed by atoms with Crippen LogP contribution in [0.2, 0.25) is 0 Å². The molecule has 0 radical (unpaired) electrons. The molecule has 0 aromatic carbocycles. The van der Waals surface area contributed by atoms with Crippen molar-refractivity contribution in [2.75, 3.05) is 6.61 Å². The first-order valence-electron chi connectivity index (χ1n) is 31.2. The lowest BCUT2D eigenvalue weighted by molar-refractivity contribution is -0.151. The number of carbonyl (C=O) groups is 2. The maximum atomic E-state index is 13.3. The highest BCUT2D eigenvalue weighted by Gasteiger charge is 2.24. The van der Waals surface area contributed by atoms with Crippen molar-refractivity contribution in [2.45, 2.75) is 354 Å². The number of amides is 1. The highest BCUT2D eigenvalue weighted by Crippen LogP contribution is 2.19. The third kappa shape index (κ3) is 52.4. The van der Waals surface area contributed by atoms with Crippen molar-refractivity contribution >= 4 is 11.9 Å². The van der Waals surface area contributed by atoms with Crippen molar-refractivity contribution < 1.29 is 24.5 Å². The summed E-state index contributed by atoms with van der Waals surface area (Å²) >= 11 is 0. The number of rotatable bonds is 57. The Bertz CT molecular complexity index is 1150. The molecule has 0 spiro atoms. The SMILES string of the molecule is CCCCC/C=C\C/C=C\C/C=C\CCCCCCC(CC(=O)NC(CO)C(O)CCCCCCCCCCCCCCCCCCC)OC(=O)CCCCCCCCCCCCCCCCCCC. The Labute approximate surface area is 436 Å². The van der Waals surface area contributed by atoms with Crippen molar-refractivity contribution in [1.29, 1.82) is 0 Å². The molecule has 412 valence electrons. The number of aliphatic hydroxyl groups is 2. The molecule has 0 heterocycles. The van der Waals surface area contributed by atoms with Crippen LogP contribution < -0.4 is 5.32 Å². The highest BCUT2D eigenvalue weighted by atomic mass is 16.5. The molecule has 0 rings (SSSR count). The predicted molar refractivity (Wildman–Crippen MR) is 306 cm³/mol. The Morgan fingerprint density at radius 1 is 0.414 bits per heavy atom. The molecular formula is C64H121NO5. The number of aliphatic hydroxyl groups excluding tert-OH is 2. The lowest BCUT2D eigenvalue weighted by Gasteiger charge is -2.24. The molecule has 0 aliphatic carbocycles. The molecule has 0 saturated heterocycles. The zero-order valence-corrected chi connectivity index (χ0v) is 47.2. The quantitative estimate of drug-likeness (QED) is 0.0321. The van der Waals surface area contributed by atoms with Crippen molar-refractivity contribution in [3.8, 4) is 0 Å². The summed E-state index contributed by atoms with van der Waals surface area (Å²) in [6, 6.07) is -0.708. The molecule has 6 heteroatoms. The Balaban J connectivity index is 4.54. The van der Waals surface area contributed by atoms with E-state index in [1.165, 1.54) is 212 Å². The molecule has 0 bridgehead atoms. The summed E-state index contributed by atoms with van der Waals surface area (Å²) in [6.07, 6.45) is 70.7. The van der Waals surface area contributed by atoms with Gasteiger partial charge < -0.3 is 20.3 Å². The molecule has 70 heavy (non-hydrogen) atoms. The van der Waals surface area contributed by atoms with Crippen molar-refractivity contribution in [2.24, 2.45) is 0 Å². The molecular weight excluding hydrogens is 863 g/mol. The van der Waals surface area contributed by atoms with E-state index in [1.807, 2.05) is 0 Å². The third-order valence-corrected chi connectivity index (χ3v) is 14.5. The summed E-state index contributed by atoms with van der Waals surface area (Å²) in [5.41, 5.74) is 0. The van der Waals surface area contributed by atoms with Gasteiger partial charge in [0.15, 0.2) is 0 Å². The molecule has 3 N–H and O–H groups in total. The number of hydrogen-bond acceptors (Lipinski definition) is 5. The monoisotopic (exact) mass is 984 g/mol. The first-order valence-corrected chi connectivity index (χ1v) is 31.2. The fraction of sp³-hybridized carbons (Fsp3) is 0.875. The number of nitrogens with one attached hydrogen (secondary N) is 1. The van der Waals surface area contributed by atoms with E-state index < -0.39 is 18.2 Å². The third-order valence-electron chi connectivity index (χ3n) is 14.5. The number of carbonyl (C=O) groups excluding carboxylic acids is 2. The van der Waals surface area contributed by atoms with E-state index in [1.54, 1.807) is 0 Å². The van der Waals surface area contributed by atoms with Crippen LogP contribution in [-0.2, 0) is 14.3 Å². The van der Waals surface area contributed by atoms with Gasteiger partial charge in [-0.15, -0.1) is 0 Å². The summed E-state index contributed by atoms with van der Waals surface area (Å²) < 4.78 is 5.97. The minimum atomic E-state index is -0.793. The van der Waals surface area contributed by atoms with Gasteiger partial charge in [-0.05, 0) is 64.2 Å². The number of allylic oxidation sites excluding steroid dienone is 6. The van der Waals surface area contributed by atoms with Gasteiger partial charge in [-0.3, -0.25) is 9.59 Å². The van der Waals surface area contributed by atoms with Crippen LogP contribution in [0, 0.1) is 0 Å². The molecule has 6 nitrogen and oxygen atoms in total. The van der Waals surface area contributed by atoms with Crippen LogP contribution in [0.5, 0.6) is 0 Å². The maximum absolute atomic E-state index is 13.3. The number of unbranched alkanes of at least 4 members (excludes halogenated alkanes) is 39. The number of hydrogen-bond donors (Lipinski definition) is 3. The van der Waals surface area contributed by atoms with Gasteiger partial charge in [0.1, 0.15) is 6.10 Å². The van der Waals surface area contributed by atoms with Crippen LogP contribution in [0.25, 0.3) is 0 Å². The van der Waals surface area contributed by atoms with Gasteiger partial charge in [0.05, 0.1) is 25.2 Å². The standard InChI is InChI=1S/C64H121NO5/c1-4-7-10-13-16-19-22-25-28-31-34-37-40-43-46-49-52-55-60(70-64(69)57-54-51-48-45-42-39-36-33-30-27-24-21-18-15-12-9-6-3)58-63(68)65-61(59-66)62(67)56-53-50-47-44-41-38-35-32-29-26-23-20-17-14-11-8-5-2/h16,19,25,28,34,37,60-62,66-67H,4-15,17-18,20-24,26-27,29-33,35-36,38-59H2,1-3H3,(H,65,68)/b19-16-,28-25-,37-34-. The van der Waals surface area contributed by atoms with Crippen LogP contribution in [0.1, 0.15) is 335 Å². The molecule has 0 saturated carbocycles. The topological polar surface area (TPSA) is 95.9 Å². The largest absolute Gasteiger partial charge is 0.462 e. The number of esters is 1. The van der Waals surface area contributed by atoms with E-state index in [9.17, 15) is 19.8 Å². The van der Waals surface area contributed by atoms with Crippen LogP contribution >= 0.6 is 0 Å². The van der Waals surface area contributed by atoms with E-state index >= 15 is 0 Å². The first kappa shape index (κ1) is 68.1. The van der Waals surface area contributed by atoms with Crippen LogP contribution in [0.4, 0.5) is 0 Å². The zero-order valence-electron chi connectivity index (χ0n) is 47.2. The Kier molecular flexibility index (Phi) is 56.4. The Hall–Kier alpha value is -1.92. The van der Waals surface area contributed by atoms with Gasteiger partial charge in [-0.25, -0.2) is 0 Å². The van der Waals surface area contributed by atoms with E-state index in [0.717, 1.165) is 77.0 Å². The second kappa shape index (κ2) is 58.0. The second-order valence-electron chi connectivity index (χ2n) is 21.5. The van der Waals surface area contributed by atoms with E-state index in [4.69, 9.17) is 4.74 Å². The fourth-order valence-corrected chi connectivity index (χ4v) is 9.73. The minimum absolute atomic E-state index is 0.0675. The highest BCUT2D eigenvalue weighted by molar-refractivity contribution is 5.77. The van der Waals surface area contributed by atoms with Gasteiger partial charge in [0, 0.05) is 6.42 Å². The summed E-state index contributed by atoms with van der Waals surface area (Å²) in [5, 5.41) is 24.0. The van der Waals surface area contributed by atoms with Gasteiger partial charge in [0.2, 0.25) is 5.91 Å². The molecule has 0 aliphatic rings. The van der Waals surface area contributed by atoms with E-state index in [-0.39, 0.29) is 24.9 Å². The van der Waals surface area contributed by atoms with Gasteiger partial charge in [-0.1, -0.05) is 295 Å². The molecule has 0 aliphatic heterocycles. The van der Waals surface area contributed by atoms with Crippen molar-refractivity contribution in [3.05, 3.63) is 36.5 Å². The summed E-state index contributed by atoms with van der Waals surface area (Å²) in [7, 11) is 0. The Morgan fingerprint density at radius 2 is 0.729 bits per heavy atom. The average molecular weight is 985 g/mol. The normalized spacial score (nSPS) is 13.3. The minimum Gasteiger partial charge on any atom is -0.462 e. The van der Waals surface area contributed by atoms with Crippen molar-refractivity contribution in [3.63, 3.8) is 0 Å². The van der Waals surface area contributed by atoms with E-state index in [0.29, 0.717) is 19.3 Å². The fourth-order valence-electron chi connectivity index (χ4n) is 9.73. The summed E-state index contributed by atoms with van der Waals surface area (Å²) in [6.45, 7) is 6.50. The molecule has 0 aromatic heterocycles.